The first kappa shape index (κ1) is 14.4. The van der Waals surface area contributed by atoms with Gasteiger partial charge in [-0.3, -0.25) is 0 Å². The van der Waals surface area contributed by atoms with Gasteiger partial charge in [0.15, 0.2) is 0 Å². The zero-order chi connectivity index (χ0) is 15.1. The maximum absolute atomic E-state index is 6.41. The number of halogens is 1. The van der Waals surface area contributed by atoms with E-state index < -0.39 is 0 Å². The van der Waals surface area contributed by atoms with Crippen molar-refractivity contribution >= 4 is 26.9 Å². The largest absolute Gasteiger partial charge is 0.459 e. The van der Waals surface area contributed by atoms with E-state index in [1.165, 1.54) is 11.1 Å². The molecule has 1 atom stereocenters. The van der Waals surface area contributed by atoms with Crippen molar-refractivity contribution < 1.29 is 4.42 Å². The minimum absolute atomic E-state index is 0.240. The molecule has 0 amide bonds. The smallest absolute Gasteiger partial charge is 0.137 e. The Bertz CT molecular complexity index is 819. The first-order chi connectivity index (χ1) is 9.95. The van der Waals surface area contributed by atoms with Crippen LogP contribution in [0.5, 0.6) is 0 Å². The second kappa shape index (κ2) is 5.32. The topological polar surface area (TPSA) is 39.2 Å². The average Bonchev–Trinajstić information content (AvgIpc) is 2.82. The molecule has 0 saturated heterocycles. The van der Waals surface area contributed by atoms with Gasteiger partial charge in [-0.1, -0.05) is 39.7 Å². The number of furan rings is 1. The molecule has 0 bridgehead atoms. The molecule has 3 rings (SSSR count). The molecule has 0 spiro atoms. The van der Waals surface area contributed by atoms with E-state index >= 15 is 0 Å². The van der Waals surface area contributed by atoms with Crippen molar-refractivity contribution in [2.24, 2.45) is 5.73 Å². The lowest BCUT2D eigenvalue weighted by Gasteiger charge is -2.13. The molecule has 0 aliphatic rings. The molecule has 0 aliphatic carbocycles. The predicted octanol–water partition coefficient (Wildman–Crippen LogP) is 5.17. The van der Waals surface area contributed by atoms with Crippen molar-refractivity contribution in [1.82, 2.24) is 0 Å². The van der Waals surface area contributed by atoms with Gasteiger partial charge in [0.05, 0.1) is 6.04 Å². The average molecular weight is 344 g/mol. The van der Waals surface area contributed by atoms with E-state index in [1.54, 1.807) is 0 Å². The zero-order valence-corrected chi connectivity index (χ0v) is 14.0. The maximum atomic E-state index is 6.41. The van der Waals surface area contributed by atoms with Gasteiger partial charge in [-0.05, 0) is 55.7 Å². The highest BCUT2D eigenvalue weighted by atomic mass is 79.9. The van der Waals surface area contributed by atoms with Gasteiger partial charge >= 0.3 is 0 Å². The van der Waals surface area contributed by atoms with Crippen LogP contribution in [0.25, 0.3) is 11.0 Å². The summed E-state index contributed by atoms with van der Waals surface area (Å²) in [6.45, 7) is 6.22. The highest BCUT2D eigenvalue weighted by Gasteiger charge is 2.17. The predicted molar refractivity (Wildman–Crippen MR) is 90.6 cm³/mol. The normalized spacial score (nSPS) is 12.8. The molecule has 2 N–H and O–H groups in total. The number of nitrogens with two attached hydrogens (primary N) is 1. The highest BCUT2D eigenvalue weighted by molar-refractivity contribution is 9.10. The van der Waals surface area contributed by atoms with Crippen molar-refractivity contribution in [3.8, 4) is 0 Å². The first-order valence-corrected chi connectivity index (χ1v) is 7.77. The fourth-order valence-electron chi connectivity index (χ4n) is 2.78. The lowest BCUT2D eigenvalue weighted by Crippen LogP contribution is -2.12. The molecule has 0 aliphatic heterocycles. The Morgan fingerprint density at radius 3 is 2.48 bits per heavy atom. The molecule has 108 valence electrons. The van der Waals surface area contributed by atoms with Crippen LogP contribution in [0.3, 0.4) is 0 Å². The second-order valence-corrected chi connectivity index (χ2v) is 6.54. The van der Waals surface area contributed by atoms with Crippen LogP contribution in [-0.4, -0.2) is 0 Å². The molecule has 0 fully saturated rings. The molecule has 1 heterocycles. The van der Waals surface area contributed by atoms with Crippen molar-refractivity contribution in [2.45, 2.75) is 26.8 Å². The number of rotatable bonds is 2. The molecule has 1 unspecified atom stereocenters. The lowest BCUT2D eigenvalue weighted by atomic mass is 9.98. The van der Waals surface area contributed by atoms with Crippen LogP contribution in [0, 0.1) is 20.8 Å². The van der Waals surface area contributed by atoms with Crippen molar-refractivity contribution in [2.75, 3.05) is 0 Å². The fourth-order valence-corrected chi connectivity index (χ4v) is 3.37. The maximum Gasteiger partial charge on any atom is 0.137 e. The van der Waals surface area contributed by atoms with Crippen LogP contribution in [0.15, 0.2) is 45.3 Å². The van der Waals surface area contributed by atoms with Gasteiger partial charge in [0.25, 0.3) is 0 Å². The molecular weight excluding hydrogens is 326 g/mol. The van der Waals surface area contributed by atoms with E-state index in [4.69, 9.17) is 10.2 Å². The molecular formula is C18H18BrNO. The second-order valence-electron chi connectivity index (χ2n) is 5.63. The molecule has 0 radical (unpaired) electrons. The van der Waals surface area contributed by atoms with Crippen LogP contribution >= 0.6 is 15.9 Å². The quantitative estimate of drug-likeness (QED) is 0.697. The lowest BCUT2D eigenvalue weighted by molar-refractivity contribution is 0.522. The molecule has 3 heteroatoms. The number of aryl methyl sites for hydroxylation is 3. The van der Waals surface area contributed by atoms with Crippen molar-refractivity contribution in [1.29, 1.82) is 0 Å². The Morgan fingerprint density at radius 2 is 1.76 bits per heavy atom. The first-order valence-electron chi connectivity index (χ1n) is 6.98. The Hall–Kier alpha value is -1.58. The van der Waals surface area contributed by atoms with Gasteiger partial charge in [0.1, 0.15) is 11.3 Å². The Labute approximate surface area is 133 Å². The van der Waals surface area contributed by atoms with Gasteiger partial charge in [-0.25, -0.2) is 0 Å². The SMILES string of the molecule is Cc1ccc(C(N)c2cc3cc(Br)cc(C)c3o2)c(C)c1. The van der Waals surface area contributed by atoms with Gasteiger partial charge < -0.3 is 10.2 Å². The van der Waals surface area contributed by atoms with E-state index in [-0.39, 0.29) is 6.04 Å². The summed E-state index contributed by atoms with van der Waals surface area (Å²) in [6, 6.07) is 12.2. The molecule has 2 aromatic carbocycles. The summed E-state index contributed by atoms with van der Waals surface area (Å²) < 4.78 is 7.06. The number of hydrogen-bond donors (Lipinski definition) is 1. The van der Waals surface area contributed by atoms with Gasteiger partial charge in [0, 0.05) is 9.86 Å². The van der Waals surface area contributed by atoms with Gasteiger partial charge in [-0.2, -0.15) is 0 Å². The minimum Gasteiger partial charge on any atom is -0.459 e. The number of hydrogen-bond acceptors (Lipinski definition) is 2. The molecule has 3 aromatic rings. The van der Waals surface area contributed by atoms with Crippen molar-refractivity contribution in [3.05, 3.63) is 68.9 Å². The number of fused-ring (bicyclic) bond motifs is 1. The van der Waals surface area contributed by atoms with Crippen molar-refractivity contribution in [3.63, 3.8) is 0 Å². The minimum atomic E-state index is -0.240. The third-order valence-electron chi connectivity index (χ3n) is 3.85. The van der Waals surface area contributed by atoms with Crippen LogP contribution in [0.2, 0.25) is 0 Å². The molecule has 2 nitrogen and oxygen atoms in total. The summed E-state index contributed by atoms with van der Waals surface area (Å²) in [4.78, 5) is 0. The Balaban J connectivity index is 2.09. The van der Waals surface area contributed by atoms with Crippen LogP contribution in [0.4, 0.5) is 0 Å². The van der Waals surface area contributed by atoms with Crippen LogP contribution in [0.1, 0.15) is 34.1 Å². The van der Waals surface area contributed by atoms with E-state index in [2.05, 4.69) is 60.1 Å². The summed E-state index contributed by atoms with van der Waals surface area (Å²) >= 11 is 3.52. The molecule has 0 saturated carbocycles. The summed E-state index contributed by atoms with van der Waals surface area (Å²) in [7, 11) is 0. The fraction of sp³-hybridized carbons (Fsp3) is 0.222. The molecule has 21 heavy (non-hydrogen) atoms. The van der Waals surface area contributed by atoms with E-state index in [9.17, 15) is 0 Å². The highest BCUT2D eigenvalue weighted by Crippen LogP contribution is 2.32. The summed E-state index contributed by atoms with van der Waals surface area (Å²) in [5.41, 5.74) is 12.0. The van der Waals surface area contributed by atoms with Crippen LogP contribution in [-0.2, 0) is 0 Å². The Kier molecular flexibility index (Phi) is 3.64. The van der Waals surface area contributed by atoms with E-state index in [0.717, 1.165) is 32.3 Å². The van der Waals surface area contributed by atoms with Gasteiger partial charge in [0.2, 0.25) is 0 Å². The molecule has 1 aromatic heterocycles. The summed E-state index contributed by atoms with van der Waals surface area (Å²) in [6.07, 6.45) is 0. The summed E-state index contributed by atoms with van der Waals surface area (Å²) in [5, 5.41) is 1.08. The monoisotopic (exact) mass is 343 g/mol. The number of benzene rings is 2. The zero-order valence-electron chi connectivity index (χ0n) is 12.4. The Morgan fingerprint density at radius 1 is 1.00 bits per heavy atom. The van der Waals surface area contributed by atoms with E-state index in [1.807, 2.05) is 13.0 Å². The third kappa shape index (κ3) is 2.63. The van der Waals surface area contributed by atoms with E-state index in [0.29, 0.717) is 0 Å². The summed E-state index contributed by atoms with van der Waals surface area (Å²) in [5.74, 6) is 0.804. The van der Waals surface area contributed by atoms with Gasteiger partial charge in [-0.15, -0.1) is 0 Å². The standard InChI is InChI=1S/C18H18BrNO/c1-10-4-5-15(11(2)6-10)17(20)16-9-13-8-14(19)7-12(3)18(13)21-16/h4-9,17H,20H2,1-3H3. The third-order valence-corrected chi connectivity index (χ3v) is 4.31. The van der Waals surface area contributed by atoms with Crippen LogP contribution < -0.4 is 5.73 Å².